The molecular formula is C10H7IN2. The van der Waals surface area contributed by atoms with Crippen LogP contribution in [0, 0.1) is 11.3 Å². The predicted octanol–water partition coefficient (Wildman–Crippen LogP) is 2.97. The number of para-hydroxylation sites is 1. The summed E-state index contributed by atoms with van der Waals surface area (Å²) in [5.41, 5.74) is 2.93. The number of H-pyrrole nitrogens is 1. The molecule has 0 radical (unpaired) electrons. The number of rotatable bonds is 1. The average Bonchev–Trinajstić information content (AvgIpc) is 2.60. The number of nitriles is 1. The predicted molar refractivity (Wildman–Crippen MR) is 60.7 cm³/mol. The fourth-order valence-electron chi connectivity index (χ4n) is 1.42. The molecule has 0 amide bonds. The van der Waals surface area contributed by atoms with E-state index in [1.165, 1.54) is 5.56 Å². The minimum absolute atomic E-state index is 0.716. The smallest absolute Gasteiger partial charge is 0.101 e. The molecule has 3 heteroatoms. The number of benzene rings is 1. The zero-order valence-corrected chi connectivity index (χ0v) is 9.00. The van der Waals surface area contributed by atoms with Gasteiger partial charge in [-0.05, 0) is 11.6 Å². The number of aromatic nitrogens is 1. The third-order valence-corrected chi connectivity index (χ3v) is 2.89. The highest BCUT2D eigenvalue weighted by atomic mass is 127. The van der Waals surface area contributed by atoms with Gasteiger partial charge in [0.25, 0.3) is 0 Å². The first-order valence-corrected chi connectivity index (χ1v) is 5.44. The number of hydrogen-bond acceptors (Lipinski definition) is 1. The molecule has 0 aliphatic heterocycles. The van der Waals surface area contributed by atoms with Crippen LogP contribution in [-0.2, 0) is 4.43 Å². The third kappa shape index (κ3) is 1.31. The van der Waals surface area contributed by atoms with Gasteiger partial charge in [-0.25, -0.2) is 0 Å². The fraction of sp³-hybridized carbons (Fsp3) is 0.100. The summed E-state index contributed by atoms with van der Waals surface area (Å²) in [5, 5.41) is 10.0. The van der Waals surface area contributed by atoms with Crippen LogP contribution in [0.25, 0.3) is 10.9 Å². The summed E-state index contributed by atoms with van der Waals surface area (Å²) in [7, 11) is 0. The molecule has 2 rings (SSSR count). The number of alkyl halides is 1. The van der Waals surface area contributed by atoms with E-state index in [0.29, 0.717) is 5.56 Å². The third-order valence-electron chi connectivity index (χ3n) is 2.07. The van der Waals surface area contributed by atoms with E-state index >= 15 is 0 Å². The van der Waals surface area contributed by atoms with Crippen LogP contribution in [0.4, 0.5) is 0 Å². The van der Waals surface area contributed by atoms with Gasteiger partial charge in [0, 0.05) is 16.0 Å². The van der Waals surface area contributed by atoms with Crippen molar-refractivity contribution in [3.05, 3.63) is 35.5 Å². The summed E-state index contributed by atoms with van der Waals surface area (Å²) in [4.78, 5) is 3.13. The molecule has 0 saturated heterocycles. The Labute approximate surface area is 89.7 Å². The lowest BCUT2D eigenvalue weighted by Crippen LogP contribution is -1.77. The van der Waals surface area contributed by atoms with Crippen molar-refractivity contribution in [3.63, 3.8) is 0 Å². The van der Waals surface area contributed by atoms with Crippen molar-refractivity contribution in [2.24, 2.45) is 0 Å². The van der Waals surface area contributed by atoms with Crippen LogP contribution in [0.5, 0.6) is 0 Å². The van der Waals surface area contributed by atoms with Crippen LogP contribution in [0.3, 0.4) is 0 Å². The van der Waals surface area contributed by atoms with Crippen LogP contribution in [-0.4, -0.2) is 4.98 Å². The molecular weight excluding hydrogens is 275 g/mol. The van der Waals surface area contributed by atoms with Gasteiger partial charge in [-0.2, -0.15) is 5.26 Å². The Morgan fingerprint density at radius 3 is 3.00 bits per heavy atom. The van der Waals surface area contributed by atoms with E-state index in [4.69, 9.17) is 5.26 Å². The number of aromatic amines is 1. The van der Waals surface area contributed by atoms with E-state index in [0.717, 1.165) is 15.3 Å². The van der Waals surface area contributed by atoms with Crippen molar-refractivity contribution >= 4 is 33.5 Å². The second kappa shape index (κ2) is 3.38. The molecule has 0 bridgehead atoms. The van der Waals surface area contributed by atoms with Gasteiger partial charge in [-0.15, -0.1) is 0 Å². The quantitative estimate of drug-likeness (QED) is 0.634. The van der Waals surface area contributed by atoms with Crippen LogP contribution in [0.2, 0.25) is 0 Å². The molecule has 1 N–H and O–H groups in total. The molecule has 13 heavy (non-hydrogen) atoms. The van der Waals surface area contributed by atoms with E-state index in [1.807, 2.05) is 24.4 Å². The lowest BCUT2D eigenvalue weighted by Gasteiger charge is -1.93. The van der Waals surface area contributed by atoms with Crippen molar-refractivity contribution < 1.29 is 0 Å². The Bertz CT molecular complexity index is 479. The maximum atomic E-state index is 8.85. The van der Waals surface area contributed by atoms with Crippen LogP contribution >= 0.6 is 22.6 Å². The van der Waals surface area contributed by atoms with Crippen molar-refractivity contribution in [2.75, 3.05) is 0 Å². The van der Waals surface area contributed by atoms with E-state index < -0.39 is 0 Å². The molecule has 1 heterocycles. The van der Waals surface area contributed by atoms with Crippen LogP contribution < -0.4 is 0 Å². The van der Waals surface area contributed by atoms with E-state index in [-0.39, 0.29) is 0 Å². The standard InChI is InChI=1S/C10H7IN2/c11-4-8-6-13-10-7(5-12)2-1-3-9(8)10/h1-3,6,13H,4H2. The Kier molecular flexibility index (Phi) is 2.23. The molecule has 0 aliphatic carbocycles. The largest absolute Gasteiger partial charge is 0.360 e. The highest BCUT2D eigenvalue weighted by molar-refractivity contribution is 14.1. The van der Waals surface area contributed by atoms with Gasteiger partial charge in [0.1, 0.15) is 6.07 Å². The summed E-state index contributed by atoms with van der Waals surface area (Å²) < 4.78 is 0.965. The molecule has 2 aromatic rings. The van der Waals surface area contributed by atoms with Crippen molar-refractivity contribution in [1.82, 2.24) is 4.98 Å². The number of nitrogens with zero attached hydrogens (tertiary/aromatic N) is 1. The minimum Gasteiger partial charge on any atom is -0.360 e. The highest BCUT2D eigenvalue weighted by Gasteiger charge is 2.04. The maximum Gasteiger partial charge on any atom is 0.101 e. The van der Waals surface area contributed by atoms with Crippen LogP contribution in [0.1, 0.15) is 11.1 Å². The average molecular weight is 282 g/mol. The first-order valence-electron chi connectivity index (χ1n) is 3.92. The molecule has 1 aromatic carbocycles. The first kappa shape index (κ1) is 8.57. The Morgan fingerprint density at radius 2 is 2.31 bits per heavy atom. The summed E-state index contributed by atoms with van der Waals surface area (Å²) in [6.07, 6.45) is 1.97. The summed E-state index contributed by atoms with van der Waals surface area (Å²) >= 11 is 2.32. The van der Waals surface area contributed by atoms with Crippen LogP contribution in [0.15, 0.2) is 24.4 Å². The normalized spacial score (nSPS) is 10.2. The Morgan fingerprint density at radius 1 is 1.46 bits per heavy atom. The number of fused-ring (bicyclic) bond motifs is 1. The molecule has 0 aliphatic rings. The number of nitrogens with one attached hydrogen (secondary N) is 1. The van der Waals surface area contributed by atoms with Gasteiger partial charge in [-0.1, -0.05) is 34.7 Å². The number of hydrogen-bond donors (Lipinski definition) is 1. The topological polar surface area (TPSA) is 39.6 Å². The summed E-state index contributed by atoms with van der Waals surface area (Å²) in [5.74, 6) is 0. The Hall–Kier alpha value is -1.02. The zero-order valence-electron chi connectivity index (χ0n) is 6.84. The van der Waals surface area contributed by atoms with E-state index in [9.17, 15) is 0 Å². The zero-order chi connectivity index (χ0) is 9.26. The number of halogens is 1. The second-order valence-corrected chi connectivity index (χ2v) is 3.55. The van der Waals surface area contributed by atoms with Gasteiger partial charge >= 0.3 is 0 Å². The first-order chi connectivity index (χ1) is 6.36. The molecule has 0 unspecified atom stereocenters. The molecule has 64 valence electrons. The summed E-state index contributed by atoms with van der Waals surface area (Å²) in [6.45, 7) is 0. The molecule has 0 atom stereocenters. The minimum atomic E-state index is 0.716. The molecule has 0 saturated carbocycles. The second-order valence-electron chi connectivity index (χ2n) is 2.79. The molecule has 2 nitrogen and oxygen atoms in total. The van der Waals surface area contributed by atoms with Gasteiger partial charge < -0.3 is 4.98 Å². The van der Waals surface area contributed by atoms with Gasteiger partial charge in [-0.3, -0.25) is 0 Å². The van der Waals surface area contributed by atoms with Crippen molar-refractivity contribution in [1.29, 1.82) is 5.26 Å². The molecule has 0 fully saturated rings. The van der Waals surface area contributed by atoms with E-state index in [1.54, 1.807) is 0 Å². The highest BCUT2D eigenvalue weighted by Crippen LogP contribution is 2.22. The monoisotopic (exact) mass is 282 g/mol. The van der Waals surface area contributed by atoms with E-state index in [2.05, 4.69) is 33.6 Å². The summed E-state index contributed by atoms with van der Waals surface area (Å²) in [6, 6.07) is 7.97. The molecule has 1 aromatic heterocycles. The van der Waals surface area contributed by atoms with Crippen molar-refractivity contribution in [2.45, 2.75) is 4.43 Å². The SMILES string of the molecule is N#Cc1cccc2c(CI)c[nH]c12. The van der Waals surface area contributed by atoms with Crippen molar-refractivity contribution in [3.8, 4) is 6.07 Å². The maximum absolute atomic E-state index is 8.85. The molecule has 0 spiro atoms. The fourth-order valence-corrected chi connectivity index (χ4v) is 2.05. The lowest BCUT2D eigenvalue weighted by atomic mass is 10.1. The Balaban J connectivity index is 2.81. The van der Waals surface area contributed by atoms with Gasteiger partial charge in [0.2, 0.25) is 0 Å². The lowest BCUT2D eigenvalue weighted by molar-refractivity contribution is 1.41. The van der Waals surface area contributed by atoms with Gasteiger partial charge in [0.05, 0.1) is 11.1 Å². The van der Waals surface area contributed by atoms with Gasteiger partial charge in [0.15, 0.2) is 0 Å².